The van der Waals surface area contributed by atoms with Crippen LogP contribution in [0.4, 0.5) is 0 Å². The normalized spacial score (nSPS) is 36.5. The average molecular weight is 194 g/mol. The van der Waals surface area contributed by atoms with E-state index in [0.717, 1.165) is 18.8 Å². The number of amides is 1. The van der Waals surface area contributed by atoms with Gasteiger partial charge in [0.25, 0.3) is 0 Å². The van der Waals surface area contributed by atoms with Crippen molar-refractivity contribution < 1.29 is 4.79 Å². The van der Waals surface area contributed by atoms with Crippen molar-refractivity contribution >= 4 is 5.91 Å². The summed E-state index contributed by atoms with van der Waals surface area (Å²) in [6, 6.07) is 0.479. The molecule has 3 N–H and O–H groups in total. The molecule has 0 aromatic heterocycles. The summed E-state index contributed by atoms with van der Waals surface area (Å²) >= 11 is 0. The monoisotopic (exact) mass is 194 g/mol. The molecule has 2 unspecified atom stereocenters. The number of hydrogen-bond donors (Lipinski definition) is 2. The van der Waals surface area contributed by atoms with Gasteiger partial charge >= 0.3 is 0 Å². The third-order valence-electron chi connectivity index (χ3n) is 4.47. The van der Waals surface area contributed by atoms with Gasteiger partial charge in [-0.3, -0.25) is 4.79 Å². The molecule has 1 spiro atoms. The van der Waals surface area contributed by atoms with Crippen molar-refractivity contribution in [2.45, 2.75) is 50.6 Å². The van der Waals surface area contributed by atoms with Crippen LogP contribution >= 0.6 is 0 Å². The first-order valence-electron chi connectivity index (χ1n) is 5.66. The molecule has 78 valence electrons. The molecule has 1 amide bonds. The van der Waals surface area contributed by atoms with Gasteiger partial charge in [0.15, 0.2) is 0 Å². The molecule has 0 bridgehead atoms. The Hall–Kier alpha value is -0.570. The standard InChI is InChI=1S/C11H18N2O/c1-7(8-6-10(8)2-3-10)13-11(4-5-11)9(12)14/h7-8,13H,2-6H2,1H3,(H2,12,14). The Morgan fingerprint density at radius 3 is 2.43 bits per heavy atom. The van der Waals surface area contributed by atoms with Crippen LogP contribution in [0.1, 0.15) is 39.0 Å². The molecule has 3 aliphatic carbocycles. The Bertz CT molecular complexity index is 292. The van der Waals surface area contributed by atoms with Gasteiger partial charge in [-0.25, -0.2) is 0 Å². The molecule has 0 aliphatic heterocycles. The zero-order valence-electron chi connectivity index (χ0n) is 8.68. The van der Waals surface area contributed by atoms with Gasteiger partial charge in [-0.1, -0.05) is 0 Å². The molecule has 3 aliphatic rings. The first-order valence-corrected chi connectivity index (χ1v) is 5.66. The predicted octanol–water partition coefficient (Wildman–Crippen LogP) is 0.782. The van der Waals surface area contributed by atoms with E-state index in [0.29, 0.717) is 11.5 Å². The van der Waals surface area contributed by atoms with Crippen molar-refractivity contribution in [1.29, 1.82) is 0 Å². The number of carbonyl (C=O) groups excluding carboxylic acids is 1. The minimum absolute atomic E-state index is 0.158. The predicted molar refractivity (Wildman–Crippen MR) is 53.5 cm³/mol. The molecular formula is C11H18N2O. The SMILES string of the molecule is CC(NC1(C(N)=O)CC1)C1CC12CC2. The number of nitrogens with two attached hydrogens (primary N) is 1. The Balaban J connectivity index is 1.60. The summed E-state index contributed by atoms with van der Waals surface area (Å²) in [5, 5.41) is 3.45. The highest BCUT2D eigenvalue weighted by Gasteiger charge is 2.65. The van der Waals surface area contributed by atoms with E-state index in [-0.39, 0.29) is 11.4 Å². The summed E-state index contributed by atoms with van der Waals surface area (Å²) in [5.41, 5.74) is 5.77. The summed E-state index contributed by atoms with van der Waals surface area (Å²) in [4.78, 5) is 11.2. The molecule has 0 aromatic carbocycles. The Morgan fingerprint density at radius 2 is 2.07 bits per heavy atom. The fraction of sp³-hybridized carbons (Fsp3) is 0.909. The minimum Gasteiger partial charge on any atom is -0.368 e. The lowest BCUT2D eigenvalue weighted by atomic mass is 10.1. The van der Waals surface area contributed by atoms with Gasteiger partial charge in [-0.15, -0.1) is 0 Å². The highest BCUT2D eigenvalue weighted by molar-refractivity contribution is 5.87. The summed E-state index contributed by atoms with van der Waals surface area (Å²) in [6.07, 6.45) is 6.06. The van der Waals surface area contributed by atoms with Gasteiger partial charge in [0, 0.05) is 6.04 Å². The van der Waals surface area contributed by atoms with Gasteiger partial charge < -0.3 is 11.1 Å². The second-order valence-electron chi connectivity index (χ2n) is 5.55. The summed E-state index contributed by atoms with van der Waals surface area (Å²) in [7, 11) is 0. The smallest absolute Gasteiger partial charge is 0.237 e. The highest BCUT2D eigenvalue weighted by Crippen LogP contribution is 2.71. The molecule has 3 nitrogen and oxygen atoms in total. The second-order valence-corrected chi connectivity index (χ2v) is 5.55. The van der Waals surface area contributed by atoms with E-state index in [1.165, 1.54) is 19.3 Å². The van der Waals surface area contributed by atoms with E-state index in [9.17, 15) is 4.79 Å². The zero-order chi connectivity index (χ0) is 9.97. The number of nitrogens with one attached hydrogen (secondary N) is 1. The fourth-order valence-electron chi connectivity index (χ4n) is 2.94. The van der Waals surface area contributed by atoms with Crippen molar-refractivity contribution in [2.75, 3.05) is 0 Å². The van der Waals surface area contributed by atoms with Crippen LogP contribution in [0.5, 0.6) is 0 Å². The van der Waals surface area contributed by atoms with Crippen molar-refractivity contribution in [2.24, 2.45) is 17.1 Å². The summed E-state index contributed by atoms with van der Waals surface area (Å²) < 4.78 is 0. The van der Waals surface area contributed by atoms with Crippen LogP contribution in [0.2, 0.25) is 0 Å². The molecule has 3 fully saturated rings. The number of primary amides is 1. The van der Waals surface area contributed by atoms with E-state index < -0.39 is 0 Å². The molecule has 0 aromatic rings. The first-order chi connectivity index (χ1) is 6.58. The molecule has 3 saturated carbocycles. The van der Waals surface area contributed by atoms with Crippen LogP contribution in [0.25, 0.3) is 0 Å². The number of hydrogen-bond acceptors (Lipinski definition) is 2. The van der Waals surface area contributed by atoms with Crippen molar-refractivity contribution in [3.05, 3.63) is 0 Å². The number of carbonyl (C=O) groups is 1. The van der Waals surface area contributed by atoms with Crippen LogP contribution in [0.15, 0.2) is 0 Å². The minimum atomic E-state index is -0.321. The maximum absolute atomic E-state index is 11.2. The molecule has 2 atom stereocenters. The Labute approximate surface area is 84.4 Å². The topological polar surface area (TPSA) is 55.1 Å². The lowest BCUT2D eigenvalue weighted by Gasteiger charge is -2.20. The Morgan fingerprint density at radius 1 is 1.43 bits per heavy atom. The highest BCUT2D eigenvalue weighted by atomic mass is 16.1. The van der Waals surface area contributed by atoms with Crippen molar-refractivity contribution in [3.63, 3.8) is 0 Å². The molecule has 14 heavy (non-hydrogen) atoms. The average Bonchev–Trinajstić information content (AvgIpc) is 2.99. The van der Waals surface area contributed by atoms with E-state index in [1.54, 1.807) is 0 Å². The van der Waals surface area contributed by atoms with E-state index in [2.05, 4.69) is 12.2 Å². The van der Waals surface area contributed by atoms with Crippen LogP contribution in [0, 0.1) is 11.3 Å². The lowest BCUT2D eigenvalue weighted by Crippen LogP contribution is -2.48. The van der Waals surface area contributed by atoms with Crippen LogP contribution in [-0.2, 0) is 4.79 Å². The van der Waals surface area contributed by atoms with E-state index >= 15 is 0 Å². The summed E-state index contributed by atoms with van der Waals surface area (Å²) in [6.45, 7) is 2.21. The molecule has 0 heterocycles. The fourth-order valence-corrected chi connectivity index (χ4v) is 2.94. The van der Waals surface area contributed by atoms with Crippen molar-refractivity contribution in [3.8, 4) is 0 Å². The van der Waals surface area contributed by atoms with Gasteiger partial charge in [0.1, 0.15) is 0 Å². The van der Waals surface area contributed by atoms with Gasteiger partial charge in [-0.2, -0.15) is 0 Å². The van der Waals surface area contributed by atoms with Gasteiger partial charge in [0.05, 0.1) is 5.54 Å². The van der Waals surface area contributed by atoms with Crippen LogP contribution in [-0.4, -0.2) is 17.5 Å². The van der Waals surface area contributed by atoms with Crippen LogP contribution in [0.3, 0.4) is 0 Å². The molecular weight excluding hydrogens is 176 g/mol. The van der Waals surface area contributed by atoms with Gasteiger partial charge in [-0.05, 0) is 50.4 Å². The maximum Gasteiger partial charge on any atom is 0.237 e. The Kier molecular flexibility index (Phi) is 1.45. The lowest BCUT2D eigenvalue weighted by molar-refractivity contribution is -0.121. The quantitative estimate of drug-likeness (QED) is 0.695. The molecule has 3 rings (SSSR count). The third kappa shape index (κ3) is 1.11. The van der Waals surface area contributed by atoms with Gasteiger partial charge in [0.2, 0.25) is 5.91 Å². The van der Waals surface area contributed by atoms with Crippen LogP contribution < -0.4 is 11.1 Å². The molecule has 3 heteroatoms. The molecule has 0 saturated heterocycles. The third-order valence-corrected chi connectivity index (χ3v) is 4.47. The zero-order valence-corrected chi connectivity index (χ0v) is 8.68. The summed E-state index contributed by atoms with van der Waals surface area (Å²) in [5.74, 6) is 0.661. The van der Waals surface area contributed by atoms with Crippen molar-refractivity contribution in [1.82, 2.24) is 5.32 Å². The second kappa shape index (κ2) is 2.32. The first kappa shape index (κ1) is 8.72. The molecule has 0 radical (unpaired) electrons. The largest absolute Gasteiger partial charge is 0.368 e. The van der Waals surface area contributed by atoms with E-state index in [1.807, 2.05) is 0 Å². The number of rotatable bonds is 4. The maximum atomic E-state index is 11.2. The van der Waals surface area contributed by atoms with E-state index in [4.69, 9.17) is 5.73 Å².